The van der Waals surface area contributed by atoms with Crippen molar-refractivity contribution in [3.8, 4) is 0 Å². The van der Waals surface area contributed by atoms with Crippen molar-refractivity contribution in [2.24, 2.45) is 0 Å². The van der Waals surface area contributed by atoms with Crippen LogP contribution < -0.4 is 4.31 Å². The van der Waals surface area contributed by atoms with Gasteiger partial charge in [-0.1, -0.05) is 63.2 Å². The molecule has 0 bridgehead atoms. The molecule has 1 heterocycles. The number of hydrogen-bond acceptors (Lipinski definition) is 5. The van der Waals surface area contributed by atoms with Crippen LogP contribution in [0.1, 0.15) is 54.9 Å². The molecule has 0 atom stereocenters. The summed E-state index contributed by atoms with van der Waals surface area (Å²) >= 11 is 0. The molecule has 0 aliphatic rings. The number of rotatable bonds is 6. The fourth-order valence-electron chi connectivity index (χ4n) is 4.19. The molecule has 4 rings (SSSR count). The van der Waals surface area contributed by atoms with Gasteiger partial charge >= 0.3 is 0 Å². The maximum absolute atomic E-state index is 13.9. The number of furan rings is 1. The third-order valence-corrected chi connectivity index (χ3v) is 7.85. The van der Waals surface area contributed by atoms with Gasteiger partial charge in [-0.3, -0.25) is 9.59 Å². The Labute approximate surface area is 217 Å². The molecule has 0 radical (unpaired) electrons. The van der Waals surface area contributed by atoms with E-state index in [-0.39, 0.29) is 21.8 Å². The zero-order valence-electron chi connectivity index (χ0n) is 21.5. The van der Waals surface area contributed by atoms with Gasteiger partial charge in [0.2, 0.25) is 0 Å². The summed E-state index contributed by atoms with van der Waals surface area (Å²) in [5.41, 5.74) is 2.46. The summed E-state index contributed by atoms with van der Waals surface area (Å²) in [5, 5.41) is 0.450. The highest BCUT2D eigenvalue weighted by Crippen LogP contribution is 2.33. The van der Waals surface area contributed by atoms with E-state index < -0.39 is 15.9 Å². The van der Waals surface area contributed by atoms with Gasteiger partial charge < -0.3 is 4.42 Å². The number of anilines is 1. The number of carbonyl (C=O) groups is 2. The number of benzene rings is 3. The molecular formula is C30H29NO5S. The first kappa shape index (κ1) is 26.1. The van der Waals surface area contributed by atoms with Gasteiger partial charge in [-0.15, -0.1) is 0 Å². The molecule has 0 aliphatic heterocycles. The molecular weight excluding hydrogens is 486 g/mol. The highest BCUT2D eigenvalue weighted by atomic mass is 32.2. The van der Waals surface area contributed by atoms with E-state index in [0.29, 0.717) is 22.3 Å². The quantitative estimate of drug-likeness (QED) is 0.211. The molecule has 1 aromatic heterocycles. The minimum Gasteiger partial charge on any atom is -0.461 e. The molecule has 7 heteroatoms. The van der Waals surface area contributed by atoms with E-state index in [2.05, 4.69) is 0 Å². The Balaban J connectivity index is 1.86. The van der Waals surface area contributed by atoms with Gasteiger partial charge in [0.15, 0.2) is 5.78 Å². The first-order valence-electron chi connectivity index (χ1n) is 11.9. The normalized spacial score (nSPS) is 12.2. The number of sulfonamides is 1. The molecule has 0 fully saturated rings. The van der Waals surface area contributed by atoms with Gasteiger partial charge in [0.25, 0.3) is 15.9 Å². The monoisotopic (exact) mass is 515 g/mol. The maximum atomic E-state index is 13.9. The largest absolute Gasteiger partial charge is 0.461 e. The second kappa shape index (κ2) is 9.82. The predicted molar refractivity (Wildman–Crippen MR) is 146 cm³/mol. The van der Waals surface area contributed by atoms with E-state index >= 15 is 0 Å². The topological polar surface area (TPSA) is 84.7 Å². The van der Waals surface area contributed by atoms with E-state index in [0.717, 1.165) is 15.4 Å². The number of carbonyl (C=O) groups excluding carboxylic acids is 2. The van der Waals surface area contributed by atoms with Crippen molar-refractivity contribution in [3.63, 3.8) is 0 Å². The van der Waals surface area contributed by atoms with Crippen LogP contribution in [0.3, 0.4) is 0 Å². The lowest BCUT2D eigenvalue weighted by Gasteiger charge is -2.23. The van der Waals surface area contributed by atoms with Crippen molar-refractivity contribution in [2.75, 3.05) is 4.31 Å². The molecule has 1 amide bonds. The second-order valence-electron chi connectivity index (χ2n) is 9.90. The molecule has 37 heavy (non-hydrogen) atoms. The standard InChI is InChI=1S/C30H29NO5S/c1-20(32)29-21(2)36-27-17-14-24(19-26(27)29)31(28(33)18-11-22-9-7-6-8-10-22)37(34,35)25-15-12-23(13-16-25)30(3,4)5/h6-19H,1-5H3/b18-11+. The zero-order chi connectivity index (χ0) is 27.0. The Morgan fingerprint density at radius 1 is 0.919 bits per heavy atom. The second-order valence-corrected chi connectivity index (χ2v) is 11.7. The van der Waals surface area contributed by atoms with Crippen LogP contribution >= 0.6 is 0 Å². The predicted octanol–water partition coefficient (Wildman–Crippen LogP) is 6.68. The summed E-state index contributed by atoms with van der Waals surface area (Å²) in [4.78, 5) is 25.8. The van der Waals surface area contributed by atoms with Crippen LogP contribution in [0.5, 0.6) is 0 Å². The Hall–Kier alpha value is -3.97. The van der Waals surface area contributed by atoms with Crippen molar-refractivity contribution in [3.05, 3.63) is 101 Å². The van der Waals surface area contributed by atoms with Crippen LogP contribution in [0.25, 0.3) is 17.0 Å². The molecule has 6 nitrogen and oxygen atoms in total. The Bertz CT molecular complexity index is 1610. The van der Waals surface area contributed by atoms with E-state index in [4.69, 9.17) is 4.42 Å². The highest BCUT2D eigenvalue weighted by Gasteiger charge is 2.31. The number of hydrogen-bond donors (Lipinski definition) is 0. The van der Waals surface area contributed by atoms with Gasteiger partial charge in [0.05, 0.1) is 16.1 Å². The average molecular weight is 516 g/mol. The molecule has 0 spiro atoms. The van der Waals surface area contributed by atoms with Crippen LogP contribution in [-0.4, -0.2) is 20.1 Å². The Morgan fingerprint density at radius 2 is 1.57 bits per heavy atom. The fraction of sp³-hybridized carbons (Fsp3) is 0.200. The Kier molecular flexibility index (Phi) is 6.93. The van der Waals surface area contributed by atoms with Crippen LogP contribution in [-0.2, 0) is 20.2 Å². The summed E-state index contributed by atoms with van der Waals surface area (Å²) in [7, 11) is -4.30. The van der Waals surface area contributed by atoms with E-state index in [9.17, 15) is 18.0 Å². The fourth-order valence-corrected chi connectivity index (χ4v) is 5.57. The van der Waals surface area contributed by atoms with Crippen molar-refractivity contribution >= 4 is 44.4 Å². The lowest BCUT2D eigenvalue weighted by Crippen LogP contribution is -2.36. The van der Waals surface area contributed by atoms with E-state index in [1.807, 2.05) is 51.1 Å². The van der Waals surface area contributed by atoms with Gasteiger partial charge in [0, 0.05) is 11.5 Å². The van der Waals surface area contributed by atoms with Crippen molar-refractivity contribution in [1.29, 1.82) is 0 Å². The molecule has 0 unspecified atom stereocenters. The number of aryl methyl sites for hydroxylation is 1. The number of fused-ring (bicyclic) bond motifs is 1. The van der Waals surface area contributed by atoms with E-state index in [1.54, 1.807) is 31.2 Å². The minimum absolute atomic E-state index is 0.0165. The lowest BCUT2D eigenvalue weighted by atomic mass is 9.87. The summed E-state index contributed by atoms with van der Waals surface area (Å²) in [5.74, 6) is -0.523. The number of ketones is 1. The minimum atomic E-state index is -4.30. The summed E-state index contributed by atoms with van der Waals surface area (Å²) in [6, 6.07) is 20.3. The van der Waals surface area contributed by atoms with Crippen LogP contribution in [0.4, 0.5) is 5.69 Å². The zero-order valence-corrected chi connectivity index (χ0v) is 22.3. The van der Waals surface area contributed by atoms with Gasteiger partial charge in [-0.2, -0.15) is 4.31 Å². The van der Waals surface area contributed by atoms with Crippen LogP contribution in [0.15, 0.2) is 88.2 Å². The van der Waals surface area contributed by atoms with Gasteiger partial charge in [-0.05, 0) is 66.8 Å². The molecule has 0 N–H and O–H groups in total. The first-order chi connectivity index (χ1) is 17.4. The summed E-state index contributed by atoms with van der Waals surface area (Å²) < 4.78 is 34.2. The van der Waals surface area contributed by atoms with Crippen LogP contribution in [0.2, 0.25) is 0 Å². The summed E-state index contributed by atoms with van der Waals surface area (Å²) in [6.07, 6.45) is 2.79. The molecule has 0 saturated heterocycles. The molecule has 190 valence electrons. The lowest BCUT2D eigenvalue weighted by molar-refractivity contribution is -0.113. The molecule has 0 aliphatic carbocycles. The molecule has 0 saturated carbocycles. The Morgan fingerprint density at radius 3 is 2.16 bits per heavy atom. The molecule has 3 aromatic carbocycles. The smallest absolute Gasteiger partial charge is 0.271 e. The number of amides is 1. The summed E-state index contributed by atoms with van der Waals surface area (Å²) in [6.45, 7) is 9.21. The maximum Gasteiger partial charge on any atom is 0.271 e. The SMILES string of the molecule is CC(=O)c1c(C)oc2ccc(N(C(=O)/C=C/c3ccccc3)S(=O)(=O)c3ccc(C(C)(C)C)cc3)cc12. The number of Topliss-reactive ketones (excluding diaryl/α,β-unsaturated/α-hetero) is 1. The third-order valence-electron chi connectivity index (χ3n) is 6.11. The number of nitrogens with zero attached hydrogens (tertiary/aromatic N) is 1. The van der Waals surface area contributed by atoms with Crippen molar-refractivity contribution < 1.29 is 22.4 Å². The van der Waals surface area contributed by atoms with Gasteiger partial charge in [0.1, 0.15) is 11.3 Å². The molecule has 4 aromatic rings. The van der Waals surface area contributed by atoms with Crippen molar-refractivity contribution in [2.45, 2.75) is 44.9 Å². The highest BCUT2D eigenvalue weighted by molar-refractivity contribution is 7.93. The third kappa shape index (κ3) is 5.27. The van der Waals surface area contributed by atoms with Gasteiger partial charge in [-0.25, -0.2) is 8.42 Å². The average Bonchev–Trinajstić information content (AvgIpc) is 3.18. The van der Waals surface area contributed by atoms with Crippen molar-refractivity contribution in [1.82, 2.24) is 0 Å². The van der Waals surface area contributed by atoms with Crippen LogP contribution in [0, 0.1) is 6.92 Å². The van der Waals surface area contributed by atoms with E-state index in [1.165, 1.54) is 37.3 Å². The first-order valence-corrected chi connectivity index (χ1v) is 13.3.